The Kier molecular flexibility index (Phi) is 3.30. The molecular formula is C11H9N7O2. The summed E-state index contributed by atoms with van der Waals surface area (Å²) in [7, 11) is 0. The largest absolute Gasteiger partial charge is 0.311 e. The summed E-state index contributed by atoms with van der Waals surface area (Å²) < 4.78 is 0. The maximum absolute atomic E-state index is 12.4. The van der Waals surface area contributed by atoms with Gasteiger partial charge in [0.2, 0.25) is 0 Å². The van der Waals surface area contributed by atoms with Gasteiger partial charge in [-0.1, -0.05) is 22.4 Å². The zero-order valence-corrected chi connectivity index (χ0v) is 10.5. The lowest BCUT2D eigenvalue weighted by molar-refractivity contribution is -0.122. The quantitative estimate of drug-likeness (QED) is 0.361. The fraction of sp³-hybridized carbons (Fsp3) is 0.273. The molecule has 9 nitrogen and oxygen atoms in total. The molecule has 0 aliphatic carbocycles. The highest BCUT2D eigenvalue weighted by Crippen LogP contribution is 2.35. The maximum atomic E-state index is 12.4. The smallest absolute Gasteiger partial charge is 0.267 e. The number of fused-ring (bicyclic) bond motifs is 1. The van der Waals surface area contributed by atoms with Crippen LogP contribution >= 0.6 is 0 Å². The number of para-hydroxylation sites is 1. The molecule has 0 aromatic heterocycles. The number of nitrogens with zero attached hydrogens (tertiary/aromatic N) is 7. The predicted octanol–water partition coefficient (Wildman–Crippen LogP) is 2.55. The average Bonchev–Trinajstić information content (AvgIpc) is 2.46. The van der Waals surface area contributed by atoms with Crippen molar-refractivity contribution in [3.63, 3.8) is 0 Å². The van der Waals surface area contributed by atoms with Crippen LogP contribution in [0, 0.1) is 0 Å². The molecule has 1 aliphatic rings. The van der Waals surface area contributed by atoms with Gasteiger partial charge in [-0.15, -0.1) is 0 Å². The van der Waals surface area contributed by atoms with E-state index in [1.54, 1.807) is 25.1 Å². The van der Waals surface area contributed by atoms with Crippen LogP contribution in [0.2, 0.25) is 0 Å². The topological polar surface area (TPSA) is 135 Å². The van der Waals surface area contributed by atoms with E-state index >= 15 is 0 Å². The Morgan fingerprint density at radius 1 is 1.20 bits per heavy atom. The van der Waals surface area contributed by atoms with Gasteiger partial charge in [0.05, 0.1) is 5.69 Å². The first-order chi connectivity index (χ1) is 9.62. The summed E-state index contributed by atoms with van der Waals surface area (Å²) in [4.78, 5) is 31.0. The van der Waals surface area contributed by atoms with E-state index in [1.165, 1.54) is 11.0 Å². The standard InChI is InChI=1S/C11H9N7O2/c1-2-18-8-6-4-3-5-7(8)9(19)11(10(18)20,14-16-12)15-17-13/h3-6H,2H2,1H3. The first kappa shape index (κ1) is 13.4. The van der Waals surface area contributed by atoms with Gasteiger partial charge < -0.3 is 4.90 Å². The van der Waals surface area contributed by atoms with Crippen molar-refractivity contribution in [3.05, 3.63) is 50.7 Å². The molecule has 1 aromatic carbocycles. The zero-order valence-electron chi connectivity index (χ0n) is 10.5. The Balaban J connectivity index is 2.81. The van der Waals surface area contributed by atoms with Crippen molar-refractivity contribution in [2.24, 2.45) is 10.2 Å². The van der Waals surface area contributed by atoms with E-state index in [2.05, 4.69) is 20.1 Å². The third kappa shape index (κ3) is 1.66. The van der Waals surface area contributed by atoms with Crippen LogP contribution in [0.5, 0.6) is 0 Å². The van der Waals surface area contributed by atoms with E-state index < -0.39 is 17.4 Å². The van der Waals surface area contributed by atoms with Gasteiger partial charge in [-0.25, -0.2) is 0 Å². The summed E-state index contributed by atoms with van der Waals surface area (Å²) in [6, 6.07) is 6.37. The number of likely N-dealkylation sites (N-methyl/N-ethyl adjacent to an activating group) is 1. The zero-order chi connectivity index (χ0) is 14.8. The van der Waals surface area contributed by atoms with Gasteiger partial charge in [0.15, 0.2) is 5.78 Å². The lowest BCUT2D eigenvalue weighted by atomic mass is 9.91. The fourth-order valence-electron chi connectivity index (χ4n) is 2.12. The van der Waals surface area contributed by atoms with Crippen LogP contribution in [0.15, 0.2) is 34.5 Å². The number of Topliss-reactive ketones (excluding diaryl/α,β-unsaturated/α-hetero) is 1. The van der Waals surface area contributed by atoms with E-state index in [0.29, 0.717) is 5.69 Å². The minimum absolute atomic E-state index is 0.175. The highest BCUT2D eigenvalue weighted by atomic mass is 16.2. The van der Waals surface area contributed by atoms with Crippen molar-refractivity contribution in [1.82, 2.24) is 0 Å². The molecule has 0 atom stereocenters. The van der Waals surface area contributed by atoms with Gasteiger partial charge >= 0.3 is 0 Å². The van der Waals surface area contributed by atoms with Crippen molar-refractivity contribution in [2.75, 3.05) is 11.4 Å². The van der Waals surface area contributed by atoms with Crippen molar-refractivity contribution in [3.8, 4) is 0 Å². The van der Waals surface area contributed by atoms with E-state index in [9.17, 15) is 9.59 Å². The van der Waals surface area contributed by atoms with Crippen molar-refractivity contribution in [1.29, 1.82) is 0 Å². The van der Waals surface area contributed by atoms with Crippen LogP contribution in [-0.2, 0) is 4.79 Å². The van der Waals surface area contributed by atoms with E-state index in [4.69, 9.17) is 11.1 Å². The molecule has 0 bridgehead atoms. The molecule has 1 heterocycles. The van der Waals surface area contributed by atoms with E-state index in [-0.39, 0.29) is 12.1 Å². The number of azide groups is 1. The minimum Gasteiger partial charge on any atom is -0.311 e. The summed E-state index contributed by atoms with van der Waals surface area (Å²) in [5, 5.41) is 6.37. The molecule has 100 valence electrons. The molecule has 0 saturated carbocycles. The van der Waals surface area contributed by atoms with Gasteiger partial charge in [0, 0.05) is 21.9 Å². The molecule has 0 N–H and O–H groups in total. The first-order valence-electron chi connectivity index (χ1n) is 5.70. The number of anilines is 1. The molecule has 0 unspecified atom stereocenters. The van der Waals surface area contributed by atoms with E-state index in [0.717, 1.165) is 0 Å². The summed E-state index contributed by atoms with van der Waals surface area (Å²) in [5.74, 6) is -1.67. The minimum atomic E-state index is -2.42. The van der Waals surface area contributed by atoms with Gasteiger partial charge in [-0.2, -0.15) is 0 Å². The highest BCUT2D eigenvalue weighted by Gasteiger charge is 2.52. The lowest BCUT2D eigenvalue weighted by Crippen LogP contribution is -2.55. The third-order valence-corrected chi connectivity index (χ3v) is 2.99. The molecule has 1 aromatic rings. The molecular weight excluding hydrogens is 262 g/mol. The lowest BCUT2D eigenvalue weighted by Gasteiger charge is -2.35. The van der Waals surface area contributed by atoms with Crippen LogP contribution in [-0.4, -0.2) is 23.9 Å². The van der Waals surface area contributed by atoms with Gasteiger partial charge in [0.1, 0.15) is 0 Å². The summed E-state index contributed by atoms with van der Waals surface area (Å²) in [5.41, 5.74) is 15.4. The van der Waals surface area contributed by atoms with Crippen LogP contribution in [0.4, 0.5) is 5.69 Å². The molecule has 0 spiro atoms. The Morgan fingerprint density at radius 3 is 2.35 bits per heavy atom. The number of hydrogen-bond acceptors (Lipinski definition) is 4. The molecule has 20 heavy (non-hydrogen) atoms. The number of rotatable bonds is 3. The second-order valence-corrected chi connectivity index (χ2v) is 3.95. The molecule has 1 aliphatic heterocycles. The number of carbonyl (C=O) groups excluding carboxylic acids is 2. The number of carbonyl (C=O) groups is 2. The number of ketones is 1. The van der Waals surface area contributed by atoms with Crippen LogP contribution in [0.1, 0.15) is 17.3 Å². The number of amides is 1. The molecule has 0 saturated heterocycles. The normalized spacial score (nSPS) is 20.8. The molecule has 9 heteroatoms. The second-order valence-electron chi connectivity index (χ2n) is 3.95. The van der Waals surface area contributed by atoms with Gasteiger partial charge in [0.25, 0.3) is 11.6 Å². The maximum Gasteiger partial charge on any atom is 0.267 e. The Bertz CT molecular complexity index is 668. The molecule has 1 amide bonds. The van der Waals surface area contributed by atoms with Crippen molar-refractivity contribution in [2.45, 2.75) is 12.6 Å². The van der Waals surface area contributed by atoms with Gasteiger partial charge in [-0.3, -0.25) is 9.59 Å². The molecule has 2 rings (SSSR count). The predicted molar refractivity (Wildman–Crippen MR) is 69.8 cm³/mol. The highest BCUT2D eigenvalue weighted by molar-refractivity contribution is 6.28. The third-order valence-electron chi connectivity index (χ3n) is 2.99. The Morgan fingerprint density at radius 2 is 1.80 bits per heavy atom. The SMILES string of the molecule is CCN1C(=O)C(N=[N+]=[N-])(N=[N+]=[N-])C(=O)c2ccccc21. The number of hydrogen-bond donors (Lipinski definition) is 0. The molecule has 0 radical (unpaired) electrons. The molecule has 0 fully saturated rings. The van der Waals surface area contributed by atoms with Crippen LogP contribution in [0.3, 0.4) is 0 Å². The van der Waals surface area contributed by atoms with Gasteiger partial charge in [-0.05, 0) is 30.1 Å². The summed E-state index contributed by atoms with van der Waals surface area (Å²) in [6.45, 7) is 1.94. The van der Waals surface area contributed by atoms with Crippen molar-refractivity contribution < 1.29 is 9.59 Å². The summed E-state index contributed by atoms with van der Waals surface area (Å²) in [6.07, 6.45) is 0. The monoisotopic (exact) mass is 271 g/mol. The van der Waals surface area contributed by atoms with Crippen LogP contribution in [0.25, 0.3) is 20.9 Å². The van der Waals surface area contributed by atoms with Crippen LogP contribution < -0.4 is 4.90 Å². The average molecular weight is 271 g/mol. The number of benzene rings is 1. The van der Waals surface area contributed by atoms with E-state index in [1.807, 2.05) is 0 Å². The Hall–Kier alpha value is -3.02. The second kappa shape index (κ2) is 4.93. The fourth-order valence-corrected chi connectivity index (χ4v) is 2.12. The van der Waals surface area contributed by atoms with Crippen molar-refractivity contribution >= 4 is 17.4 Å². The Labute approximate surface area is 113 Å². The summed E-state index contributed by atoms with van der Waals surface area (Å²) >= 11 is 0. The first-order valence-corrected chi connectivity index (χ1v) is 5.70.